The smallest absolute Gasteiger partial charge is 0.269 e. The Bertz CT molecular complexity index is 1480. The lowest BCUT2D eigenvalue weighted by atomic mass is 9.86. The van der Waals surface area contributed by atoms with Gasteiger partial charge in [0.15, 0.2) is 6.61 Å². The number of ether oxygens (including phenoxy) is 1. The molecule has 7 nitrogen and oxygen atoms in total. The van der Waals surface area contributed by atoms with E-state index in [1.54, 1.807) is 30.1 Å². The predicted octanol–water partition coefficient (Wildman–Crippen LogP) is 4.12. The minimum Gasteiger partial charge on any atom is -0.507 e. The molecule has 0 saturated heterocycles. The number of rotatable bonds is 4. The zero-order valence-corrected chi connectivity index (χ0v) is 20.0. The molecular weight excluding hydrogens is 468 g/mol. The van der Waals surface area contributed by atoms with Crippen LogP contribution in [0.3, 0.4) is 0 Å². The molecule has 0 radical (unpaired) electrons. The number of phenolic OH excluding ortho intramolecular Hbond substituents is 1. The molecule has 7 heteroatoms. The predicted molar refractivity (Wildman–Crippen MR) is 139 cm³/mol. The average molecular weight is 493 g/mol. The Morgan fingerprint density at radius 1 is 0.811 bits per heavy atom. The molecule has 0 saturated carbocycles. The number of aromatic hydroxyl groups is 1. The van der Waals surface area contributed by atoms with Crippen LogP contribution < -0.4 is 14.5 Å². The molecule has 184 valence electrons. The molecule has 2 amide bonds. The molecular formula is C30H24N2O5. The Hall–Kier alpha value is -4.62. The van der Waals surface area contributed by atoms with Crippen LogP contribution in [0.4, 0.5) is 11.4 Å². The summed E-state index contributed by atoms with van der Waals surface area (Å²) >= 11 is 0. The number of nitrogens with zero attached hydrogens (tertiary/aromatic N) is 2. The van der Waals surface area contributed by atoms with Crippen molar-refractivity contribution >= 4 is 23.2 Å². The number of benzene rings is 4. The SMILES string of the molecule is CN1C(=O)COc2cc(C3(O)C(=O)N(C(c4ccccc4)c4ccccc4)c4ccccc43)c(O)cc21. The summed E-state index contributed by atoms with van der Waals surface area (Å²) < 4.78 is 5.60. The van der Waals surface area contributed by atoms with Gasteiger partial charge in [-0.15, -0.1) is 0 Å². The first-order valence-corrected chi connectivity index (χ1v) is 11.9. The van der Waals surface area contributed by atoms with E-state index in [4.69, 9.17) is 4.74 Å². The van der Waals surface area contributed by atoms with E-state index in [9.17, 15) is 19.8 Å². The van der Waals surface area contributed by atoms with Crippen molar-refractivity contribution in [1.82, 2.24) is 0 Å². The molecule has 0 aliphatic carbocycles. The van der Waals surface area contributed by atoms with Crippen LogP contribution in [0.25, 0.3) is 0 Å². The number of hydrogen-bond donors (Lipinski definition) is 2. The summed E-state index contributed by atoms with van der Waals surface area (Å²) in [6.07, 6.45) is 0. The quantitative estimate of drug-likeness (QED) is 0.447. The third-order valence-corrected chi connectivity index (χ3v) is 7.12. The van der Waals surface area contributed by atoms with E-state index in [1.807, 2.05) is 66.7 Å². The van der Waals surface area contributed by atoms with Crippen molar-refractivity contribution in [3.8, 4) is 11.5 Å². The van der Waals surface area contributed by atoms with Gasteiger partial charge in [0.25, 0.3) is 11.8 Å². The van der Waals surface area contributed by atoms with Crippen molar-refractivity contribution in [1.29, 1.82) is 0 Å². The molecule has 0 bridgehead atoms. The number of carbonyl (C=O) groups is 2. The molecule has 6 rings (SSSR count). The van der Waals surface area contributed by atoms with Crippen LogP contribution in [-0.4, -0.2) is 35.7 Å². The first-order valence-electron chi connectivity index (χ1n) is 11.9. The van der Waals surface area contributed by atoms with Crippen LogP contribution in [0, 0.1) is 0 Å². The maximum atomic E-state index is 14.4. The number of carbonyl (C=O) groups excluding carboxylic acids is 2. The standard InChI is InChI=1S/C30H24N2O5/c1-31-24-17-25(33)22(16-26(24)37-18-27(31)34)30(36)21-14-8-9-15-23(21)32(29(30)35)28(19-10-4-2-5-11-19)20-12-6-3-7-13-20/h2-17,28,33,36H,18H2,1H3. The lowest BCUT2D eigenvalue weighted by Crippen LogP contribution is -2.43. The number of phenols is 1. The van der Waals surface area contributed by atoms with E-state index in [0.29, 0.717) is 22.7 Å². The van der Waals surface area contributed by atoms with Crippen LogP contribution in [0.1, 0.15) is 28.3 Å². The van der Waals surface area contributed by atoms with Gasteiger partial charge in [-0.3, -0.25) is 14.5 Å². The Kier molecular flexibility index (Phi) is 5.24. The first kappa shape index (κ1) is 22.8. The minimum atomic E-state index is -2.18. The number of amides is 2. The number of hydrogen-bond acceptors (Lipinski definition) is 5. The Morgan fingerprint density at radius 2 is 1.41 bits per heavy atom. The molecule has 2 heterocycles. The Morgan fingerprint density at radius 3 is 2.05 bits per heavy atom. The van der Waals surface area contributed by atoms with Crippen molar-refractivity contribution in [3.63, 3.8) is 0 Å². The molecule has 4 aromatic carbocycles. The van der Waals surface area contributed by atoms with Crippen LogP contribution in [-0.2, 0) is 15.2 Å². The molecule has 1 unspecified atom stereocenters. The summed E-state index contributed by atoms with van der Waals surface area (Å²) in [6.45, 7) is -0.174. The molecule has 2 N–H and O–H groups in total. The fraction of sp³-hybridized carbons (Fsp3) is 0.133. The summed E-state index contributed by atoms with van der Waals surface area (Å²) in [5, 5.41) is 23.3. The highest BCUT2D eigenvalue weighted by atomic mass is 16.5. The highest BCUT2D eigenvalue weighted by Crippen LogP contribution is 2.52. The second-order valence-corrected chi connectivity index (χ2v) is 9.21. The van der Waals surface area contributed by atoms with E-state index < -0.39 is 17.6 Å². The molecule has 4 aromatic rings. The van der Waals surface area contributed by atoms with Crippen molar-refractivity contribution in [2.24, 2.45) is 0 Å². The zero-order valence-electron chi connectivity index (χ0n) is 20.0. The topological polar surface area (TPSA) is 90.3 Å². The summed E-state index contributed by atoms with van der Waals surface area (Å²) in [7, 11) is 1.58. The fourth-order valence-electron chi connectivity index (χ4n) is 5.26. The molecule has 37 heavy (non-hydrogen) atoms. The van der Waals surface area contributed by atoms with Gasteiger partial charge in [0.1, 0.15) is 11.5 Å². The van der Waals surface area contributed by atoms with Crippen LogP contribution in [0.15, 0.2) is 97.1 Å². The lowest BCUT2D eigenvalue weighted by molar-refractivity contribution is -0.132. The minimum absolute atomic E-state index is 0.00572. The summed E-state index contributed by atoms with van der Waals surface area (Å²) in [4.78, 5) is 29.4. The molecule has 0 fully saturated rings. The summed E-state index contributed by atoms with van der Waals surface area (Å²) in [6, 6.07) is 28.6. The van der Waals surface area contributed by atoms with E-state index in [0.717, 1.165) is 11.1 Å². The van der Waals surface area contributed by atoms with Crippen molar-refractivity contribution in [2.75, 3.05) is 23.5 Å². The van der Waals surface area contributed by atoms with Gasteiger partial charge in [0.05, 0.1) is 17.4 Å². The van der Waals surface area contributed by atoms with Gasteiger partial charge in [-0.25, -0.2) is 0 Å². The Labute approximate surface area is 213 Å². The number of aliphatic hydroxyl groups is 1. The average Bonchev–Trinajstić information content (AvgIpc) is 3.15. The number of anilines is 2. The molecule has 1 atom stereocenters. The molecule has 2 aliphatic rings. The fourth-order valence-corrected chi connectivity index (χ4v) is 5.26. The van der Waals surface area contributed by atoms with Gasteiger partial charge in [-0.1, -0.05) is 78.9 Å². The maximum Gasteiger partial charge on any atom is 0.269 e. The number of para-hydroxylation sites is 1. The van der Waals surface area contributed by atoms with E-state index in [2.05, 4.69) is 0 Å². The van der Waals surface area contributed by atoms with E-state index in [-0.39, 0.29) is 23.8 Å². The van der Waals surface area contributed by atoms with Crippen molar-refractivity contribution in [3.05, 3.63) is 119 Å². The molecule has 0 aromatic heterocycles. The Balaban J connectivity index is 1.56. The number of fused-ring (bicyclic) bond motifs is 2. The summed E-state index contributed by atoms with van der Waals surface area (Å²) in [5.41, 5.74) is 0.821. The third kappa shape index (κ3) is 3.39. The normalized spacial score (nSPS) is 18.6. The second kappa shape index (κ2) is 8.50. The van der Waals surface area contributed by atoms with Gasteiger partial charge >= 0.3 is 0 Å². The van der Waals surface area contributed by atoms with Crippen LogP contribution >= 0.6 is 0 Å². The highest BCUT2D eigenvalue weighted by Gasteiger charge is 2.54. The molecule has 2 aliphatic heterocycles. The monoisotopic (exact) mass is 492 g/mol. The van der Waals surface area contributed by atoms with Crippen LogP contribution in [0.5, 0.6) is 11.5 Å². The van der Waals surface area contributed by atoms with Crippen LogP contribution in [0.2, 0.25) is 0 Å². The first-order chi connectivity index (χ1) is 17.9. The van der Waals surface area contributed by atoms with E-state index >= 15 is 0 Å². The lowest BCUT2D eigenvalue weighted by Gasteiger charge is -2.32. The third-order valence-electron chi connectivity index (χ3n) is 7.12. The molecule has 0 spiro atoms. The van der Waals surface area contributed by atoms with Crippen molar-refractivity contribution < 1.29 is 24.5 Å². The zero-order chi connectivity index (χ0) is 25.7. The van der Waals surface area contributed by atoms with E-state index in [1.165, 1.54) is 17.0 Å². The second-order valence-electron chi connectivity index (χ2n) is 9.21. The largest absolute Gasteiger partial charge is 0.507 e. The van der Waals surface area contributed by atoms with Gasteiger partial charge in [0, 0.05) is 24.2 Å². The van der Waals surface area contributed by atoms with Gasteiger partial charge in [-0.2, -0.15) is 0 Å². The van der Waals surface area contributed by atoms with Gasteiger partial charge in [0.2, 0.25) is 5.60 Å². The van der Waals surface area contributed by atoms with Gasteiger partial charge in [-0.05, 0) is 23.3 Å². The number of likely N-dealkylation sites (N-methyl/N-ethyl adjacent to an activating group) is 1. The van der Waals surface area contributed by atoms with Gasteiger partial charge < -0.3 is 19.8 Å². The maximum absolute atomic E-state index is 14.4. The highest BCUT2D eigenvalue weighted by molar-refractivity contribution is 6.10. The summed E-state index contributed by atoms with van der Waals surface area (Å²) in [5.74, 6) is -0.871. The van der Waals surface area contributed by atoms with Crippen molar-refractivity contribution in [2.45, 2.75) is 11.6 Å².